The van der Waals surface area contributed by atoms with Gasteiger partial charge in [-0.3, -0.25) is 0 Å². The van der Waals surface area contributed by atoms with Crippen molar-refractivity contribution in [3.63, 3.8) is 0 Å². The number of hydrogen-bond acceptors (Lipinski definition) is 3. The summed E-state index contributed by atoms with van der Waals surface area (Å²) in [4.78, 5) is 0. The summed E-state index contributed by atoms with van der Waals surface area (Å²) < 4.78 is 11.4. The quantitative estimate of drug-likeness (QED) is 0.890. The highest BCUT2D eigenvalue weighted by Crippen LogP contribution is 2.30. The summed E-state index contributed by atoms with van der Waals surface area (Å²) in [5, 5.41) is 3.74. The van der Waals surface area contributed by atoms with E-state index in [0.29, 0.717) is 6.04 Å². The van der Waals surface area contributed by atoms with Gasteiger partial charge in [-0.25, -0.2) is 0 Å². The van der Waals surface area contributed by atoms with Crippen LogP contribution in [0.3, 0.4) is 0 Å². The molecule has 0 radical (unpaired) electrons. The molecule has 0 spiro atoms. The molecule has 20 heavy (non-hydrogen) atoms. The molecule has 1 aliphatic rings. The van der Waals surface area contributed by atoms with Crippen molar-refractivity contribution in [3.05, 3.63) is 29.8 Å². The lowest BCUT2D eigenvalue weighted by Gasteiger charge is -2.39. The monoisotopic (exact) mass is 277 g/mol. The molecule has 1 saturated heterocycles. The van der Waals surface area contributed by atoms with E-state index in [2.05, 4.69) is 38.2 Å². The van der Waals surface area contributed by atoms with Gasteiger partial charge in [0.2, 0.25) is 0 Å². The number of benzene rings is 1. The first kappa shape index (κ1) is 15.3. The van der Waals surface area contributed by atoms with Crippen molar-refractivity contribution in [1.29, 1.82) is 0 Å². The van der Waals surface area contributed by atoms with E-state index < -0.39 is 0 Å². The summed E-state index contributed by atoms with van der Waals surface area (Å²) in [6.07, 6.45) is 3.21. The normalized spacial score (nSPS) is 28.1. The molecule has 3 atom stereocenters. The number of nitrogens with one attached hydrogen (secondary N) is 1. The zero-order valence-electron chi connectivity index (χ0n) is 13.1. The molecule has 3 nitrogen and oxygen atoms in total. The van der Waals surface area contributed by atoms with Gasteiger partial charge in [0.1, 0.15) is 5.75 Å². The van der Waals surface area contributed by atoms with Crippen LogP contribution in [0.2, 0.25) is 0 Å². The molecule has 3 heteroatoms. The molecule has 1 aromatic rings. The molecule has 1 fully saturated rings. The molecular weight excluding hydrogens is 250 g/mol. The zero-order chi connectivity index (χ0) is 14.6. The predicted molar refractivity (Wildman–Crippen MR) is 82.2 cm³/mol. The van der Waals surface area contributed by atoms with Crippen molar-refractivity contribution in [2.24, 2.45) is 0 Å². The van der Waals surface area contributed by atoms with Gasteiger partial charge < -0.3 is 14.8 Å². The molecule has 1 aliphatic heterocycles. The highest BCUT2D eigenvalue weighted by molar-refractivity contribution is 5.35. The van der Waals surface area contributed by atoms with E-state index in [4.69, 9.17) is 9.47 Å². The number of rotatable bonds is 5. The van der Waals surface area contributed by atoms with Gasteiger partial charge >= 0.3 is 0 Å². The van der Waals surface area contributed by atoms with E-state index in [1.165, 1.54) is 5.56 Å². The number of ether oxygens (including phenoxy) is 2. The summed E-state index contributed by atoms with van der Waals surface area (Å²) in [5.41, 5.74) is 1.25. The van der Waals surface area contributed by atoms with Gasteiger partial charge in [-0.05, 0) is 39.2 Å². The number of para-hydroxylation sites is 1. The summed E-state index contributed by atoms with van der Waals surface area (Å²) in [5.74, 6) is 0.956. The second-order valence-corrected chi connectivity index (χ2v) is 5.97. The fourth-order valence-corrected chi connectivity index (χ4v) is 2.99. The molecule has 0 aliphatic carbocycles. The van der Waals surface area contributed by atoms with Gasteiger partial charge in [0, 0.05) is 24.3 Å². The topological polar surface area (TPSA) is 30.5 Å². The molecule has 1 aromatic carbocycles. The summed E-state index contributed by atoms with van der Waals surface area (Å²) in [7, 11) is 1.73. The van der Waals surface area contributed by atoms with Crippen LogP contribution in [0.15, 0.2) is 24.3 Å². The Bertz CT molecular complexity index is 435. The number of hydrogen-bond donors (Lipinski definition) is 1. The Morgan fingerprint density at radius 1 is 1.45 bits per heavy atom. The number of methoxy groups -OCH3 is 1. The Balaban J connectivity index is 2.02. The van der Waals surface area contributed by atoms with Crippen LogP contribution in [-0.2, 0) is 4.74 Å². The molecule has 0 bridgehead atoms. The van der Waals surface area contributed by atoms with Crippen molar-refractivity contribution in [3.8, 4) is 5.75 Å². The van der Waals surface area contributed by atoms with Crippen molar-refractivity contribution in [2.75, 3.05) is 13.7 Å². The minimum atomic E-state index is 0.0242. The third-order valence-corrected chi connectivity index (χ3v) is 4.43. The van der Waals surface area contributed by atoms with Gasteiger partial charge in [0.05, 0.1) is 12.7 Å². The van der Waals surface area contributed by atoms with Gasteiger partial charge in [0.25, 0.3) is 0 Å². The van der Waals surface area contributed by atoms with E-state index >= 15 is 0 Å². The molecule has 1 N–H and O–H groups in total. The maximum absolute atomic E-state index is 5.91. The van der Waals surface area contributed by atoms with Crippen LogP contribution in [-0.4, -0.2) is 25.4 Å². The first-order chi connectivity index (χ1) is 9.58. The lowest BCUT2D eigenvalue weighted by atomic mass is 9.89. The molecule has 0 amide bonds. The van der Waals surface area contributed by atoms with E-state index in [9.17, 15) is 0 Å². The lowest BCUT2D eigenvalue weighted by Crippen LogP contribution is -2.45. The smallest absolute Gasteiger partial charge is 0.123 e. The Hall–Kier alpha value is -1.06. The van der Waals surface area contributed by atoms with Crippen LogP contribution < -0.4 is 10.1 Å². The highest BCUT2D eigenvalue weighted by atomic mass is 16.5. The Kier molecular flexibility index (Phi) is 5.06. The molecule has 112 valence electrons. The molecule has 0 aromatic heterocycles. The first-order valence-corrected chi connectivity index (χ1v) is 7.61. The van der Waals surface area contributed by atoms with E-state index in [-0.39, 0.29) is 11.6 Å². The Morgan fingerprint density at radius 3 is 2.90 bits per heavy atom. The second kappa shape index (κ2) is 6.59. The van der Waals surface area contributed by atoms with E-state index in [1.54, 1.807) is 7.11 Å². The van der Waals surface area contributed by atoms with Crippen LogP contribution in [0.5, 0.6) is 5.75 Å². The molecule has 1 heterocycles. The van der Waals surface area contributed by atoms with Crippen molar-refractivity contribution in [1.82, 2.24) is 5.32 Å². The third kappa shape index (κ3) is 3.53. The van der Waals surface area contributed by atoms with Gasteiger partial charge in [-0.15, -0.1) is 0 Å². The minimum Gasteiger partial charge on any atom is -0.496 e. The highest BCUT2D eigenvalue weighted by Gasteiger charge is 2.32. The maximum Gasteiger partial charge on any atom is 0.123 e. The maximum atomic E-state index is 5.91. The average molecular weight is 277 g/mol. The largest absolute Gasteiger partial charge is 0.496 e. The summed E-state index contributed by atoms with van der Waals surface area (Å²) in [6.45, 7) is 7.47. The average Bonchev–Trinajstić information content (AvgIpc) is 2.47. The predicted octanol–water partition coefficient (Wildman–Crippen LogP) is 3.69. The van der Waals surface area contributed by atoms with Crippen molar-refractivity contribution < 1.29 is 9.47 Å². The van der Waals surface area contributed by atoms with E-state index in [1.807, 2.05) is 12.1 Å². The Morgan fingerprint density at radius 2 is 2.20 bits per heavy atom. The second-order valence-electron chi connectivity index (χ2n) is 5.97. The first-order valence-electron chi connectivity index (χ1n) is 7.61. The van der Waals surface area contributed by atoms with Crippen LogP contribution >= 0.6 is 0 Å². The molecular formula is C17H27NO2. The van der Waals surface area contributed by atoms with Crippen LogP contribution in [0.4, 0.5) is 0 Å². The van der Waals surface area contributed by atoms with Crippen LogP contribution in [0.1, 0.15) is 51.6 Å². The fourth-order valence-electron chi connectivity index (χ4n) is 2.99. The lowest BCUT2D eigenvalue weighted by molar-refractivity contribution is -0.0789. The van der Waals surface area contributed by atoms with Crippen LogP contribution in [0.25, 0.3) is 0 Å². The van der Waals surface area contributed by atoms with Gasteiger partial charge in [-0.1, -0.05) is 25.1 Å². The fraction of sp³-hybridized carbons (Fsp3) is 0.647. The third-order valence-electron chi connectivity index (χ3n) is 4.43. The van der Waals surface area contributed by atoms with Gasteiger partial charge in [-0.2, -0.15) is 0 Å². The summed E-state index contributed by atoms with van der Waals surface area (Å²) >= 11 is 0. The minimum absolute atomic E-state index is 0.0242. The van der Waals surface area contributed by atoms with Crippen molar-refractivity contribution >= 4 is 0 Å². The Labute approximate surface area is 122 Å². The van der Waals surface area contributed by atoms with Gasteiger partial charge in [0.15, 0.2) is 0 Å². The zero-order valence-corrected chi connectivity index (χ0v) is 13.1. The summed E-state index contributed by atoms with van der Waals surface area (Å²) in [6, 6.07) is 9.03. The van der Waals surface area contributed by atoms with E-state index in [0.717, 1.165) is 31.6 Å². The molecule has 2 unspecified atom stereocenters. The van der Waals surface area contributed by atoms with Crippen LogP contribution in [0, 0.1) is 0 Å². The SMILES string of the molecule is CCC1(C)CC(N[C@@H](C)c2ccccc2OC)CCO1. The standard InChI is InChI=1S/C17H27NO2/c1-5-17(3)12-14(10-11-20-17)18-13(2)15-8-6-7-9-16(15)19-4/h6-9,13-14,18H,5,10-12H2,1-4H3/t13-,14?,17?/m0/s1. The van der Waals surface area contributed by atoms with Crippen molar-refractivity contribution in [2.45, 2.75) is 57.7 Å². The molecule has 0 saturated carbocycles. The molecule has 2 rings (SSSR count).